The third kappa shape index (κ3) is 2.39. The van der Waals surface area contributed by atoms with Crippen LogP contribution in [0.2, 0.25) is 0 Å². The fourth-order valence-corrected chi connectivity index (χ4v) is 2.19. The molecule has 1 aromatic carbocycles. The summed E-state index contributed by atoms with van der Waals surface area (Å²) < 4.78 is 1.84. The molecule has 2 aromatic rings. The first-order valence-electron chi connectivity index (χ1n) is 6.01. The van der Waals surface area contributed by atoms with E-state index in [0.29, 0.717) is 0 Å². The Labute approximate surface area is 102 Å². The van der Waals surface area contributed by atoms with Crippen LogP contribution >= 0.6 is 0 Å². The molecule has 0 radical (unpaired) electrons. The lowest BCUT2D eigenvalue weighted by molar-refractivity contribution is 0.637. The van der Waals surface area contributed by atoms with E-state index in [1.54, 1.807) is 0 Å². The van der Waals surface area contributed by atoms with E-state index in [2.05, 4.69) is 47.7 Å². The lowest BCUT2D eigenvalue weighted by atomic mass is 9.97. The third-order valence-electron chi connectivity index (χ3n) is 3.07. The molecule has 1 unspecified atom stereocenters. The molecule has 0 spiro atoms. The number of aryl methyl sites for hydroxylation is 2. The van der Waals surface area contributed by atoms with Crippen molar-refractivity contribution in [2.75, 3.05) is 7.05 Å². The number of rotatable bonds is 4. The molecule has 0 aliphatic carbocycles. The Hall–Kier alpha value is -1.61. The minimum atomic E-state index is 0.173. The van der Waals surface area contributed by atoms with Gasteiger partial charge in [0, 0.05) is 13.2 Å². The Morgan fingerprint density at radius 3 is 2.65 bits per heavy atom. The maximum absolute atomic E-state index is 4.49. The van der Waals surface area contributed by atoms with Crippen molar-refractivity contribution < 1.29 is 0 Å². The Morgan fingerprint density at radius 1 is 1.29 bits per heavy atom. The average Bonchev–Trinajstić information content (AvgIpc) is 2.77. The third-order valence-corrected chi connectivity index (χ3v) is 3.07. The van der Waals surface area contributed by atoms with Crippen LogP contribution in [0.4, 0.5) is 0 Å². The Morgan fingerprint density at radius 2 is 2.06 bits per heavy atom. The summed E-state index contributed by atoms with van der Waals surface area (Å²) in [6.45, 7) is 2.18. The van der Waals surface area contributed by atoms with Crippen molar-refractivity contribution in [3.05, 3.63) is 53.3 Å². The van der Waals surface area contributed by atoms with Gasteiger partial charge in [0.15, 0.2) is 0 Å². The zero-order chi connectivity index (χ0) is 12.3. The largest absolute Gasteiger partial charge is 0.308 e. The summed E-state index contributed by atoms with van der Waals surface area (Å²) in [5, 5.41) is 7.83. The van der Waals surface area contributed by atoms with Gasteiger partial charge in [-0.3, -0.25) is 4.68 Å². The van der Waals surface area contributed by atoms with E-state index in [1.165, 1.54) is 11.1 Å². The molecule has 90 valence electrons. The van der Waals surface area contributed by atoms with Gasteiger partial charge in [0.1, 0.15) is 0 Å². The highest BCUT2D eigenvalue weighted by Gasteiger charge is 2.16. The molecule has 0 aliphatic heterocycles. The van der Waals surface area contributed by atoms with Crippen LogP contribution in [-0.2, 0) is 13.5 Å². The van der Waals surface area contributed by atoms with Crippen molar-refractivity contribution in [1.82, 2.24) is 15.1 Å². The zero-order valence-electron chi connectivity index (χ0n) is 10.6. The van der Waals surface area contributed by atoms with Crippen molar-refractivity contribution in [1.29, 1.82) is 0 Å². The maximum atomic E-state index is 4.49. The fourth-order valence-electron chi connectivity index (χ4n) is 2.19. The quantitative estimate of drug-likeness (QED) is 0.871. The number of benzene rings is 1. The van der Waals surface area contributed by atoms with Gasteiger partial charge in [-0.1, -0.05) is 31.2 Å². The van der Waals surface area contributed by atoms with Crippen LogP contribution in [0.15, 0.2) is 36.5 Å². The average molecular weight is 229 g/mol. The van der Waals surface area contributed by atoms with Crippen molar-refractivity contribution >= 4 is 0 Å². The van der Waals surface area contributed by atoms with E-state index in [-0.39, 0.29) is 6.04 Å². The number of hydrogen-bond acceptors (Lipinski definition) is 2. The van der Waals surface area contributed by atoms with Crippen LogP contribution < -0.4 is 5.32 Å². The van der Waals surface area contributed by atoms with Gasteiger partial charge in [-0.2, -0.15) is 5.10 Å². The van der Waals surface area contributed by atoms with Gasteiger partial charge >= 0.3 is 0 Å². The predicted octanol–water partition coefficient (Wildman–Crippen LogP) is 2.29. The first-order valence-corrected chi connectivity index (χ1v) is 6.01. The zero-order valence-corrected chi connectivity index (χ0v) is 10.6. The molecule has 3 nitrogen and oxygen atoms in total. The smallest absolute Gasteiger partial charge is 0.0839 e. The lowest BCUT2D eigenvalue weighted by Crippen LogP contribution is -2.19. The summed E-state index contributed by atoms with van der Waals surface area (Å²) in [6.07, 6.45) is 3.02. The van der Waals surface area contributed by atoms with E-state index >= 15 is 0 Å². The van der Waals surface area contributed by atoms with Crippen LogP contribution in [0.1, 0.15) is 29.8 Å². The van der Waals surface area contributed by atoms with Crippen molar-refractivity contribution in [3.63, 3.8) is 0 Å². The molecule has 1 heterocycles. The lowest BCUT2D eigenvalue weighted by Gasteiger charge is -2.17. The highest BCUT2D eigenvalue weighted by Crippen LogP contribution is 2.23. The topological polar surface area (TPSA) is 29.9 Å². The van der Waals surface area contributed by atoms with E-state index in [9.17, 15) is 0 Å². The summed E-state index contributed by atoms with van der Waals surface area (Å²) >= 11 is 0. The molecular formula is C14H19N3. The first-order chi connectivity index (χ1) is 8.26. The van der Waals surface area contributed by atoms with Crippen LogP contribution in [-0.4, -0.2) is 16.8 Å². The van der Waals surface area contributed by atoms with Gasteiger partial charge in [0.05, 0.1) is 11.7 Å². The van der Waals surface area contributed by atoms with Gasteiger partial charge in [-0.25, -0.2) is 0 Å². The molecule has 0 bridgehead atoms. The Bertz CT molecular complexity index is 488. The summed E-state index contributed by atoms with van der Waals surface area (Å²) in [5.74, 6) is 0. The van der Waals surface area contributed by atoms with E-state index in [4.69, 9.17) is 0 Å². The van der Waals surface area contributed by atoms with Crippen molar-refractivity contribution in [2.45, 2.75) is 19.4 Å². The monoisotopic (exact) mass is 229 g/mol. The second-order valence-corrected chi connectivity index (χ2v) is 4.19. The molecule has 2 rings (SSSR count). The van der Waals surface area contributed by atoms with Crippen molar-refractivity contribution in [2.24, 2.45) is 7.05 Å². The van der Waals surface area contributed by atoms with E-state index in [1.807, 2.05) is 25.0 Å². The highest BCUT2D eigenvalue weighted by molar-refractivity contribution is 5.34. The van der Waals surface area contributed by atoms with Crippen LogP contribution in [0.3, 0.4) is 0 Å². The fraction of sp³-hybridized carbons (Fsp3) is 0.357. The SMILES string of the molecule is CCc1ccccc1C(NC)c1ccn(C)n1. The summed E-state index contributed by atoms with van der Waals surface area (Å²) in [4.78, 5) is 0. The number of hydrogen-bond donors (Lipinski definition) is 1. The van der Waals surface area contributed by atoms with Crippen LogP contribution in [0.5, 0.6) is 0 Å². The second-order valence-electron chi connectivity index (χ2n) is 4.19. The van der Waals surface area contributed by atoms with E-state index in [0.717, 1.165) is 12.1 Å². The highest BCUT2D eigenvalue weighted by atomic mass is 15.3. The van der Waals surface area contributed by atoms with Crippen molar-refractivity contribution in [3.8, 4) is 0 Å². The Kier molecular flexibility index (Phi) is 3.59. The van der Waals surface area contributed by atoms with Gasteiger partial charge in [0.25, 0.3) is 0 Å². The molecule has 1 aromatic heterocycles. The molecule has 0 fully saturated rings. The molecule has 17 heavy (non-hydrogen) atoms. The summed E-state index contributed by atoms with van der Waals surface area (Å²) in [5.41, 5.74) is 3.75. The summed E-state index contributed by atoms with van der Waals surface area (Å²) in [6, 6.07) is 10.8. The first kappa shape index (κ1) is 11.9. The molecular weight excluding hydrogens is 210 g/mol. The van der Waals surface area contributed by atoms with Gasteiger partial charge in [-0.15, -0.1) is 0 Å². The van der Waals surface area contributed by atoms with E-state index < -0.39 is 0 Å². The molecule has 0 amide bonds. The van der Waals surface area contributed by atoms with Gasteiger partial charge in [0.2, 0.25) is 0 Å². The summed E-state index contributed by atoms with van der Waals surface area (Å²) in [7, 11) is 3.92. The standard InChI is InChI=1S/C14H19N3/c1-4-11-7-5-6-8-12(11)14(15-2)13-9-10-17(3)16-13/h5-10,14-15H,4H2,1-3H3. The van der Waals surface area contributed by atoms with Gasteiger partial charge in [-0.05, 0) is 30.7 Å². The van der Waals surface area contributed by atoms with Crippen LogP contribution in [0, 0.1) is 0 Å². The predicted molar refractivity (Wildman–Crippen MR) is 69.9 cm³/mol. The molecule has 1 N–H and O–H groups in total. The normalized spacial score (nSPS) is 12.6. The second kappa shape index (κ2) is 5.15. The molecule has 3 heteroatoms. The number of nitrogens with zero attached hydrogens (tertiary/aromatic N) is 2. The maximum Gasteiger partial charge on any atom is 0.0839 e. The minimum absolute atomic E-state index is 0.173. The number of aromatic nitrogens is 2. The number of nitrogens with one attached hydrogen (secondary N) is 1. The minimum Gasteiger partial charge on any atom is -0.308 e. The van der Waals surface area contributed by atoms with Crippen LogP contribution in [0.25, 0.3) is 0 Å². The van der Waals surface area contributed by atoms with Gasteiger partial charge < -0.3 is 5.32 Å². The molecule has 0 saturated carbocycles. The molecule has 0 aliphatic rings. The molecule has 1 atom stereocenters. The molecule has 0 saturated heterocycles. The Balaban J connectivity index is 2.41.